The first-order valence-corrected chi connectivity index (χ1v) is 6.52. The Bertz CT molecular complexity index is 361. The molecule has 15 heavy (non-hydrogen) atoms. The van der Waals surface area contributed by atoms with Gasteiger partial charge in [-0.1, -0.05) is 0 Å². The van der Waals surface area contributed by atoms with Crippen LogP contribution in [0.25, 0.3) is 0 Å². The highest BCUT2D eigenvalue weighted by Crippen LogP contribution is 2.17. The molecular formula is C11H16N2OS. The molecule has 0 aliphatic carbocycles. The molecule has 0 spiro atoms. The topological polar surface area (TPSA) is 42.0 Å². The summed E-state index contributed by atoms with van der Waals surface area (Å²) in [7, 11) is -0.931. The van der Waals surface area contributed by atoms with Gasteiger partial charge in [0.15, 0.2) is 0 Å². The maximum atomic E-state index is 12.2. The Balaban J connectivity index is 2.12. The molecule has 0 bridgehead atoms. The van der Waals surface area contributed by atoms with Crippen molar-refractivity contribution in [1.29, 1.82) is 0 Å². The Kier molecular flexibility index (Phi) is 3.49. The molecule has 0 aromatic carbocycles. The summed E-state index contributed by atoms with van der Waals surface area (Å²) < 4.78 is 12.2. The van der Waals surface area contributed by atoms with Crippen LogP contribution < -0.4 is 5.32 Å². The van der Waals surface area contributed by atoms with Crippen LogP contribution in [0.1, 0.15) is 18.4 Å². The van der Waals surface area contributed by atoms with Gasteiger partial charge in [0.1, 0.15) is 5.03 Å². The molecule has 4 heteroatoms. The van der Waals surface area contributed by atoms with E-state index in [-0.39, 0.29) is 5.25 Å². The van der Waals surface area contributed by atoms with Gasteiger partial charge < -0.3 is 5.32 Å². The second-order valence-electron chi connectivity index (χ2n) is 3.92. The van der Waals surface area contributed by atoms with Crippen molar-refractivity contribution in [3.63, 3.8) is 0 Å². The molecule has 1 N–H and O–H groups in total. The number of nitrogens with one attached hydrogen (secondary N) is 1. The van der Waals surface area contributed by atoms with Crippen molar-refractivity contribution < 1.29 is 4.21 Å². The molecule has 2 heterocycles. The summed E-state index contributed by atoms with van der Waals surface area (Å²) in [6.07, 6.45) is 3.72. The van der Waals surface area contributed by atoms with Crippen LogP contribution in [0, 0.1) is 6.92 Å². The third-order valence-electron chi connectivity index (χ3n) is 2.69. The van der Waals surface area contributed by atoms with E-state index in [4.69, 9.17) is 0 Å². The summed E-state index contributed by atoms with van der Waals surface area (Å²) in [5, 5.41) is 4.29. The first-order valence-electron chi connectivity index (χ1n) is 5.31. The summed E-state index contributed by atoms with van der Waals surface area (Å²) in [6.45, 7) is 3.95. The van der Waals surface area contributed by atoms with E-state index in [1.165, 1.54) is 0 Å². The summed E-state index contributed by atoms with van der Waals surface area (Å²) in [6, 6.07) is 3.86. The van der Waals surface area contributed by atoms with Crippen molar-refractivity contribution in [3.05, 3.63) is 23.9 Å². The zero-order chi connectivity index (χ0) is 10.7. The molecule has 1 aliphatic rings. The lowest BCUT2D eigenvalue weighted by Crippen LogP contribution is -2.33. The van der Waals surface area contributed by atoms with Crippen LogP contribution in [0.5, 0.6) is 0 Å². The average Bonchev–Trinajstić information content (AvgIpc) is 2.29. The van der Waals surface area contributed by atoms with Gasteiger partial charge in [-0.05, 0) is 50.6 Å². The first kappa shape index (κ1) is 10.8. The summed E-state index contributed by atoms with van der Waals surface area (Å²) >= 11 is 0. The van der Waals surface area contributed by atoms with Gasteiger partial charge in [0.2, 0.25) is 0 Å². The zero-order valence-corrected chi connectivity index (χ0v) is 9.72. The molecule has 0 saturated carbocycles. The van der Waals surface area contributed by atoms with E-state index in [2.05, 4.69) is 10.3 Å². The van der Waals surface area contributed by atoms with Crippen LogP contribution in [0.4, 0.5) is 0 Å². The minimum Gasteiger partial charge on any atom is -0.317 e. The molecule has 0 unspecified atom stereocenters. The van der Waals surface area contributed by atoms with Crippen LogP contribution in [-0.4, -0.2) is 27.5 Å². The number of aryl methyl sites for hydroxylation is 1. The maximum absolute atomic E-state index is 12.2. The normalized spacial score (nSPS) is 20.1. The van der Waals surface area contributed by atoms with Crippen molar-refractivity contribution in [1.82, 2.24) is 10.3 Å². The van der Waals surface area contributed by atoms with E-state index < -0.39 is 10.8 Å². The Morgan fingerprint density at radius 3 is 2.87 bits per heavy atom. The van der Waals surface area contributed by atoms with Crippen molar-refractivity contribution in [2.45, 2.75) is 30.0 Å². The smallest absolute Gasteiger partial charge is 0.127 e. The van der Waals surface area contributed by atoms with Gasteiger partial charge in [0.05, 0.1) is 10.8 Å². The molecule has 1 saturated heterocycles. The number of nitrogens with zero attached hydrogens (tertiary/aromatic N) is 1. The van der Waals surface area contributed by atoms with Crippen molar-refractivity contribution >= 4 is 10.8 Å². The van der Waals surface area contributed by atoms with E-state index >= 15 is 0 Å². The van der Waals surface area contributed by atoms with Gasteiger partial charge in [0.25, 0.3) is 0 Å². The second-order valence-corrected chi connectivity index (χ2v) is 5.60. The Labute approximate surface area is 92.8 Å². The average molecular weight is 224 g/mol. The van der Waals surface area contributed by atoms with Crippen LogP contribution in [-0.2, 0) is 10.8 Å². The van der Waals surface area contributed by atoms with E-state index in [1.54, 1.807) is 6.20 Å². The SMILES string of the molecule is Cc1ccnc([S@](=O)C2CCNCC2)c1. The van der Waals surface area contributed by atoms with E-state index in [9.17, 15) is 4.21 Å². The summed E-state index contributed by atoms with van der Waals surface area (Å²) in [4.78, 5) is 4.19. The van der Waals surface area contributed by atoms with Gasteiger partial charge >= 0.3 is 0 Å². The van der Waals surface area contributed by atoms with E-state index in [0.29, 0.717) is 0 Å². The fourth-order valence-electron chi connectivity index (χ4n) is 1.80. The third-order valence-corrected chi connectivity index (χ3v) is 4.40. The molecule has 0 amide bonds. The fraction of sp³-hybridized carbons (Fsp3) is 0.545. The number of hydrogen-bond acceptors (Lipinski definition) is 3. The predicted octanol–water partition coefficient (Wildman–Crippen LogP) is 1.25. The zero-order valence-electron chi connectivity index (χ0n) is 8.90. The highest BCUT2D eigenvalue weighted by molar-refractivity contribution is 7.85. The van der Waals surface area contributed by atoms with Gasteiger partial charge in [-0.3, -0.25) is 4.21 Å². The molecule has 1 aromatic heterocycles. The summed E-state index contributed by atoms with van der Waals surface area (Å²) in [5.74, 6) is 0. The Hall–Kier alpha value is -0.740. The number of rotatable bonds is 2. The minimum atomic E-state index is -0.931. The van der Waals surface area contributed by atoms with Crippen LogP contribution in [0.2, 0.25) is 0 Å². The Morgan fingerprint density at radius 1 is 1.47 bits per heavy atom. The molecule has 2 rings (SSSR count). The lowest BCUT2D eigenvalue weighted by Gasteiger charge is -2.21. The molecule has 1 aliphatic heterocycles. The van der Waals surface area contributed by atoms with Crippen molar-refractivity contribution in [2.24, 2.45) is 0 Å². The minimum absolute atomic E-state index is 0.278. The van der Waals surface area contributed by atoms with Crippen molar-refractivity contribution in [2.75, 3.05) is 13.1 Å². The highest BCUT2D eigenvalue weighted by atomic mass is 32.2. The molecular weight excluding hydrogens is 208 g/mol. The van der Waals surface area contributed by atoms with Crippen LogP contribution >= 0.6 is 0 Å². The van der Waals surface area contributed by atoms with Gasteiger partial charge in [-0.25, -0.2) is 4.98 Å². The maximum Gasteiger partial charge on any atom is 0.127 e. The number of piperidine rings is 1. The quantitative estimate of drug-likeness (QED) is 0.822. The summed E-state index contributed by atoms with van der Waals surface area (Å²) in [5.41, 5.74) is 1.13. The standard InChI is InChI=1S/C11H16N2OS/c1-9-2-7-13-11(8-9)15(14)10-3-5-12-6-4-10/h2,7-8,10,12H,3-6H2,1H3/t15-/m1/s1. The first-order chi connectivity index (χ1) is 7.27. The van der Waals surface area contributed by atoms with Gasteiger partial charge in [-0.2, -0.15) is 0 Å². The van der Waals surface area contributed by atoms with Crippen LogP contribution in [0.15, 0.2) is 23.4 Å². The monoisotopic (exact) mass is 224 g/mol. The van der Waals surface area contributed by atoms with Crippen molar-refractivity contribution in [3.8, 4) is 0 Å². The van der Waals surface area contributed by atoms with Gasteiger partial charge in [0, 0.05) is 11.4 Å². The Morgan fingerprint density at radius 2 is 2.20 bits per heavy atom. The third kappa shape index (κ3) is 2.63. The number of hydrogen-bond donors (Lipinski definition) is 1. The molecule has 82 valence electrons. The largest absolute Gasteiger partial charge is 0.317 e. The van der Waals surface area contributed by atoms with Crippen LogP contribution in [0.3, 0.4) is 0 Å². The second kappa shape index (κ2) is 4.86. The molecule has 1 aromatic rings. The highest BCUT2D eigenvalue weighted by Gasteiger charge is 2.21. The van der Waals surface area contributed by atoms with E-state index in [0.717, 1.165) is 36.5 Å². The number of aromatic nitrogens is 1. The molecule has 1 atom stereocenters. The fourth-order valence-corrected chi connectivity index (χ4v) is 3.27. The lowest BCUT2D eigenvalue weighted by molar-refractivity contribution is 0.519. The molecule has 1 fully saturated rings. The number of pyridine rings is 1. The molecule has 0 radical (unpaired) electrons. The van der Waals surface area contributed by atoms with Gasteiger partial charge in [-0.15, -0.1) is 0 Å². The molecule has 3 nitrogen and oxygen atoms in total. The van der Waals surface area contributed by atoms with E-state index in [1.807, 2.05) is 19.1 Å². The lowest BCUT2D eigenvalue weighted by atomic mass is 10.2. The predicted molar refractivity (Wildman–Crippen MR) is 61.3 cm³/mol.